The van der Waals surface area contributed by atoms with Crippen LogP contribution in [0, 0.1) is 0 Å². The van der Waals surface area contributed by atoms with E-state index in [4.69, 9.17) is 0 Å². The molecule has 1 heterocycles. The van der Waals surface area contributed by atoms with Gasteiger partial charge in [-0.15, -0.1) is 11.8 Å². The summed E-state index contributed by atoms with van der Waals surface area (Å²) in [4.78, 5) is 27.5. The van der Waals surface area contributed by atoms with E-state index in [0.717, 1.165) is 36.7 Å². The molecule has 5 heteroatoms. The number of thioether (sulfide) groups is 1. The molecule has 22 heavy (non-hydrogen) atoms. The van der Waals surface area contributed by atoms with Crippen LogP contribution in [0.15, 0.2) is 23.1 Å². The molecule has 4 nitrogen and oxygen atoms in total. The van der Waals surface area contributed by atoms with Crippen LogP contribution in [-0.2, 0) is 0 Å². The van der Waals surface area contributed by atoms with Gasteiger partial charge in [-0.2, -0.15) is 0 Å². The van der Waals surface area contributed by atoms with Gasteiger partial charge in [-0.1, -0.05) is 26.0 Å². The van der Waals surface area contributed by atoms with Crippen molar-refractivity contribution in [1.82, 2.24) is 10.2 Å². The van der Waals surface area contributed by atoms with Crippen molar-refractivity contribution in [2.75, 3.05) is 31.9 Å². The van der Waals surface area contributed by atoms with Crippen LogP contribution in [0.25, 0.3) is 0 Å². The van der Waals surface area contributed by atoms with Crippen LogP contribution >= 0.6 is 11.8 Å². The van der Waals surface area contributed by atoms with Crippen molar-refractivity contribution >= 4 is 23.5 Å². The van der Waals surface area contributed by atoms with Gasteiger partial charge in [0, 0.05) is 29.2 Å². The Balaban J connectivity index is 1.93. The van der Waals surface area contributed by atoms with Gasteiger partial charge in [-0.05, 0) is 32.1 Å². The van der Waals surface area contributed by atoms with Crippen LogP contribution in [0.5, 0.6) is 0 Å². The molecule has 0 radical (unpaired) electrons. The fraction of sp³-hybridized carbons (Fsp3) is 0.529. The van der Waals surface area contributed by atoms with Gasteiger partial charge < -0.3 is 10.2 Å². The molecule has 0 aliphatic carbocycles. The van der Waals surface area contributed by atoms with Crippen molar-refractivity contribution in [1.29, 1.82) is 0 Å². The van der Waals surface area contributed by atoms with E-state index in [1.807, 2.05) is 12.1 Å². The van der Waals surface area contributed by atoms with E-state index in [0.29, 0.717) is 24.1 Å². The number of ketones is 1. The molecule has 0 atom stereocenters. The molecular formula is C17H24N2O2S. The normalized spacial score (nSPS) is 14.0. The Hall–Kier alpha value is -1.33. The lowest BCUT2D eigenvalue weighted by atomic mass is 10.0. The highest BCUT2D eigenvalue weighted by molar-refractivity contribution is 7.99. The maximum Gasteiger partial charge on any atom is 0.252 e. The first kappa shape index (κ1) is 17.0. The molecule has 120 valence electrons. The standard InChI is InChI=1S/C17H24N2O2S/c1-3-19(4-2)11-6-10-18-17(21)14-8-5-7-13-15(20)9-12-22-16(13)14/h5,7-8H,3-4,6,9-12H2,1-2H3,(H,18,21). The second kappa shape index (κ2) is 8.34. The second-order valence-corrected chi connectivity index (χ2v) is 6.45. The van der Waals surface area contributed by atoms with Crippen molar-refractivity contribution < 1.29 is 9.59 Å². The largest absolute Gasteiger partial charge is 0.352 e. The summed E-state index contributed by atoms with van der Waals surface area (Å²) in [7, 11) is 0. The van der Waals surface area contributed by atoms with Crippen LogP contribution in [0.2, 0.25) is 0 Å². The maximum atomic E-state index is 12.4. The van der Waals surface area contributed by atoms with Gasteiger partial charge in [0.15, 0.2) is 5.78 Å². The highest BCUT2D eigenvalue weighted by Crippen LogP contribution is 2.32. The Morgan fingerprint density at radius 1 is 1.32 bits per heavy atom. The fourth-order valence-corrected chi connectivity index (χ4v) is 3.76. The summed E-state index contributed by atoms with van der Waals surface area (Å²) in [6, 6.07) is 5.43. The summed E-state index contributed by atoms with van der Waals surface area (Å²) in [6.07, 6.45) is 1.50. The number of nitrogens with zero attached hydrogens (tertiary/aromatic N) is 1. The molecule has 0 saturated heterocycles. The van der Waals surface area contributed by atoms with Crippen molar-refractivity contribution in [2.24, 2.45) is 0 Å². The van der Waals surface area contributed by atoms with E-state index in [2.05, 4.69) is 24.1 Å². The molecule has 1 aromatic carbocycles. The number of fused-ring (bicyclic) bond motifs is 1. The average Bonchev–Trinajstić information content (AvgIpc) is 2.55. The predicted molar refractivity (Wildman–Crippen MR) is 90.9 cm³/mol. The molecule has 0 bridgehead atoms. The number of amides is 1. The first-order chi connectivity index (χ1) is 10.7. The Kier molecular flexibility index (Phi) is 6.46. The molecule has 1 aromatic rings. The number of rotatable bonds is 7. The lowest BCUT2D eigenvalue weighted by Gasteiger charge is -2.19. The first-order valence-corrected chi connectivity index (χ1v) is 8.95. The first-order valence-electron chi connectivity index (χ1n) is 7.97. The Bertz CT molecular complexity index is 541. The number of benzene rings is 1. The molecule has 0 spiro atoms. The van der Waals surface area contributed by atoms with Crippen LogP contribution in [0.3, 0.4) is 0 Å². The lowest BCUT2D eigenvalue weighted by molar-refractivity contribution is 0.0948. The number of nitrogens with one attached hydrogen (secondary N) is 1. The van der Waals surface area contributed by atoms with Crippen molar-refractivity contribution in [3.63, 3.8) is 0 Å². The Labute approximate surface area is 136 Å². The van der Waals surface area contributed by atoms with E-state index >= 15 is 0 Å². The van der Waals surface area contributed by atoms with Gasteiger partial charge in [0.05, 0.1) is 5.56 Å². The Morgan fingerprint density at radius 2 is 2.09 bits per heavy atom. The topological polar surface area (TPSA) is 49.4 Å². The smallest absolute Gasteiger partial charge is 0.252 e. The number of Topliss-reactive ketones (excluding diaryl/α,β-unsaturated/α-hetero) is 1. The number of hydrogen-bond acceptors (Lipinski definition) is 4. The van der Waals surface area contributed by atoms with Crippen LogP contribution in [0.1, 0.15) is 47.4 Å². The van der Waals surface area contributed by atoms with Crippen molar-refractivity contribution in [3.8, 4) is 0 Å². The van der Waals surface area contributed by atoms with E-state index in [9.17, 15) is 9.59 Å². The zero-order valence-corrected chi connectivity index (χ0v) is 14.2. The summed E-state index contributed by atoms with van der Waals surface area (Å²) in [5.74, 6) is 0.835. The second-order valence-electron chi connectivity index (χ2n) is 5.34. The molecule has 1 aliphatic rings. The third kappa shape index (κ3) is 4.11. The minimum atomic E-state index is -0.0707. The monoisotopic (exact) mass is 320 g/mol. The maximum absolute atomic E-state index is 12.4. The molecule has 0 saturated carbocycles. The molecule has 2 rings (SSSR count). The number of hydrogen-bond donors (Lipinski definition) is 1. The van der Waals surface area contributed by atoms with Gasteiger partial charge in [-0.25, -0.2) is 0 Å². The van der Waals surface area contributed by atoms with Gasteiger partial charge in [-0.3, -0.25) is 9.59 Å². The highest BCUT2D eigenvalue weighted by atomic mass is 32.2. The molecule has 1 amide bonds. The summed E-state index contributed by atoms with van der Waals surface area (Å²) in [5, 5.41) is 2.98. The van der Waals surface area contributed by atoms with E-state index in [1.165, 1.54) is 0 Å². The molecule has 1 N–H and O–H groups in total. The summed E-state index contributed by atoms with van der Waals surface area (Å²) in [5.41, 5.74) is 1.34. The zero-order valence-electron chi connectivity index (χ0n) is 13.4. The minimum absolute atomic E-state index is 0.0707. The predicted octanol–water partition coefficient (Wildman–Crippen LogP) is 2.83. The number of carbonyl (C=O) groups is 2. The third-order valence-electron chi connectivity index (χ3n) is 3.97. The minimum Gasteiger partial charge on any atom is -0.352 e. The molecular weight excluding hydrogens is 296 g/mol. The van der Waals surface area contributed by atoms with Gasteiger partial charge in [0.25, 0.3) is 5.91 Å². The quantitative estimate of drug-likeness (QED) is 0.785. The van der Waals surface area contributed by atoms with Crippen LogP contribution < -0.4 is 5.32 Å². The molecule has 0 fully saturated rings. The molecule has 0 unspecified atom stereocenters. The third-order valence-corrected chi connectivity index (χ3v) is 5.10. The lowest BCUT2D eigenvalue weighted by Crippen LogP contribution is -2.30. The summed E-state index contributed by atoms with van der Waals surface area (Å²) < 4.78 is 0. The van der Waals surface area contributed by atoms with Gasteiger partial charge >= 0.3 is 0 Å². The molecule has 1 aliphatic heterocycles. The Morgan fingerprint density at radius 3 is 2.82 bits per heavy atom. The van der Waals surface area contributed by atoms with E-state index < -0.39 is 0 Å². The fourth-order valence-electron chi connectivity index (χ4n) is 2.61. The molecule has 0 aromatic heterocycles. The van der Waals surface area contributed by atoms with Gasteiger partial charge in [0.1, 0.15) is 0 Å². The van der Waals surface area contributed by atoms with E-state index in [1.54, 1.807) is 17.8 Å². The van der Waals surface area contributed by atoms with Crippen molar-refractivity contribution in [3.05, 3.63) is 29.3 Å². The van der Waals surface area contributed by atoms with Gasteiger partial charge in [0.2, 0.25) is 0 Å². The van der Waals surface area contributed by atoms with Crippen LogP contribution in [0.4, 0.5) is 0 Å². The SMILES string of the molecule is CCN(CC)CCCNC(=O)c1cccc2c1SCCC2=O. The van der Waals surface area contributed by atoms with Crippen LogP contribution in [-0.4, -0.2) is 48.5 Å². The van der Waals surface area contributed by atoms with E-state index in [-0.39, 0.29) is 11.7 Å². The zero-order chi connectivity index (χ0) is 15.9. The average molecular weight is 320 g/mol. The summed E-state index contributed by atoms with van der Waals surface area (Å²) >= 11 is 1.61. The van der Waals surface area contributed by atoms with Crippen molar-refractivity contribution in [2.45, 2.75) is 31.6 Å². The highest BCUT2D eigenvalue weighted by Gasteiger charge is 2.22. The number of carbonyl (C=O) groups excluding carboxylic acids is 2. The summed E-state index contributed by atoms with van der Waals surface area (Å²) in [6.45, 7) is 8.02.